The first-order valence-electron chi connectivity index (χ1n) is 6.27. The highest BCUT2D eigenvalue weighted by Gasteiger charge is 2.19. The predicted molar refractivity (Wildman–Crippen MR) is 57.0 cm³/mol. The van der Waals surface area contributed by atoms with E-state index < -0.39 is 0 Å². The molecule has 0 bridgehead atoms. The quantitative estimate of drug-likeness (QED) is 0.509. The summed E-state index contributed by atoms with van der Waals surface area (Å²) in [6.45, 7) is 0. The van der Waals surface area contributed by atoms with Gasteiger partial charge in [-0.1, -0.05) is 38.5 Å². The largest absolute Gasteiger partial charge is 1.00 e. The van der Waals surface area contributed by atoms with Crippen LogP contribution >= 0.6 is 0 Å². The van der Waals surface area contributed by atoms with Gasteiger partial charge < -0.3 is 0 Å². The molecule has 0 aliphatic heterocycles. The summed E-state index contributed by atoms with van der Waals surface area (Å²) in [5, 5.41) is 0. The van der Waals surface area contributed by atoms with Gasteiger partial charge in [-0.15, -0.1) is 0 Å². The summed E-state index contributed by atoms with van der Waals surface area (Å²) in [6, 6.07) is 0. The Morgan fingerprint density at radius 2 is 0.929 bits per heavy atom. The lowest BCUT2D eigenvalue weighted by molar-refractivity contribution is -0.358. The second-order valence-corrected chi connectivity index (χ2v) is 4.71. The Hall–Kier alpha value is -0.0800. The number of hydrogen-bond acceptors (Lipinski definition) is 2. The van der Waals surface area contributed by atoms with Gasteiger partial charge in [-0.25, -0.2) is 9.78 Å². The van der Waals surface area contributed by atoms with E-state index in [0.717, 1.165) is 0 Å². The van der Waals surface area contributed by atoms with Crippen LogP contribution in [0, 0.1) is 0 Å². The van der Waals surface area contributed by atoms with Crippen molar-refractivity contribution in [1.29, 1.82) is 0 Å². The summed E-state index contributed by atoms with van der Waals surface area (Å²) in [5.41, 5.74) is 0. The Kier molecular flexibility index (Phi) is 4.26. The highest BCUT2D eigenvalue weighted by molar-refractivity contribution is 4.65. The van der Waals surface area contributed by atoms with E-state index in [1.54, 1.807) is 0 Å². The van der Waals surface area contributed by atoms with Crippen molar-refractivity contribution in [3.8, 4) is 0 Å². The van der Waals surface area contributed by atoms with Crippen molar-refractivity contribution in [2.24, 2.45) is 0 Å². The molecule has 0 aromatic heterocycles. The summed E-state index contributed by atoms with van der Waals surface area (Å²) in [5.74, 6) is 0. The van der Waals surface area contributed by atoms with Crippen LogP contribution in [0.1, 0.15) is 65.6 Å². The van der Waals surface area contributed by atoms with Gasteiger partial charge in [0, 0.05) is 0 Å². The molecule has 0 heterocycles. The predicted octanol–water partition coefficient (Wildman–Crippen LogP) is 3.71. The first-order valence-corrected chi connectivity index (χ1v) is 6.27. The molecule has 0 atom stereocenters. The van der Waals surface area contributed by atoms with Crippen molar-refractivity contribution in [2.45, 2.75) is 76.4 Å². The van der Waals surface area contributed by atoms with E-state index in [4.69, 9.17) is 9.78 Å². The minimum atomic E-state index is 0. The zero-order valence-corrected chi connectivity index (χ0v) is 9.04. The molecule has 2 heteroatoms. The van der Waals surface area contributed by atoms with Gasteiger partial charge in [-0.3, -0.25) is 0 Å². The molecule has 2 saturated carbocycles. The fraction of sp³-hybridized carbons (Fsp3) is 1.00. The molecule has 0 saturated heterocycles. The monoisotopic (exact) mass is 199 g/mol. The molecule has 0 radical (unpaired) electrons. The summed E-state index contributed by atoms with van der Waals surface area (Å²) in [7, 11) is 0. The molecule has 2 aliphatic rings. The molecule has 2 rings (SSSR count). The van der Waals surface area contributed by atoms with Crippen LogP contribution in [0.5, 0.6) is 0 Å². The van der Waals surface area contributed by atoms with E-state index in [0.29, 0.717) is 12.2 Å². The molecule has 2 aliphatic carbocycles. The van der Waals surface area contributed by atoms with Gasteiger partial charge in [0.2, 0.25) is 0 Å². The average Bonchev–Trinajstić information content (AvgIpc) is 2.29. The van der Waals surface area contributed by atoms with Crippen LogP contribution in [0.2, 0.25) is 0 Å². The van der Waals surface area contributed by atoms with E-state index >= 15 is 0 Å². The summed E-state index contributed by atoms with van der Waals surface area (Å²) >= 11 is 0. The number of rotatable bonds is 3. The molecular formula is C12H23O2+. The normalized spacial score (nSPS) is 26.6. The van der Waals surface area contributed by atoms with Crippen LogP contribution in [0.3, 0.4) is 0 Å². The van der Waals surface area contributed by atoms with Crippen LogP contribution in [-0.4, -0.2) is 12.2 Å². The third-order valence-electron chi connectivity index (χ3n) is 3.43. The fourth-order valence-electron chi connectivity index (χ4n) is 2.48. The molecule has 0 spiro atoms. The van der Waals surface area contributed by atoms with E-state index in [1.165, 1.54) is 64.2 Å². The second-order valence-electron chi connectivity index (χ2n) is 4.71. The minimum Gasteiger partial charge on any atom is -0.233 e. The molecule has 2 fully saturated rings. The Morgan fingerprint density at radius 3 is 1.29 bits per heavy atom. The molecule has 0 aromatic carbocycles. The first kappa shape index (κ1) is 10.4. The highest BCUT2D eigenvalue weighted by Crippen LogP contribution is 2.24. The zero-order valence-electron chi connectivity index (χ0n) is 10.0. The number of hydrogen-bond donors (Lipinski definition) is 0. The minimum absolute atomic E-state index is 0. The van der Waals surface area contributed by atoms with E-state index in [1.807, 2.05) is 0 Å². The van der Waals surface area contributed by atoms with Gasteiger partial charge in [0.15, 0.2) is 0 Å². The summed E-state index contributed by atoms with van der Waals surface area (Å²) < 4.78 is 0. The van der Waals surface area contributed by atoms with E-state index in [-0.39, 0.29) is 1.43 Å². The maximum Gasteiger partial charge on any atom is 1.00 e. The molecule has 0 N–H and O–H groups in total. The highest BCUT2D eigenvalue weighted by atomic mass is 17.2. The van der Waals surface area contributed by atoms with Gasteiger partial charge in [0.25, 0.3) is 0 Å². The van der Waals surface area contributed by atoms with Crippen molar-refractivity contribution in [3.63, 3.8) is 0 Å². The van der Waals surface area contributed by atoms with Crippen molar-refractivity contribution >= 4 is 0 Å². The van der Waals surface area contributed by atoms with Gasteiger partial charge in [-0.2, -0.15) is 0 Å². The lowest BCUT2D eigenvalue weighted by atomic mass is 9.98. The lowest BCUT2D eigenvalue weighted by Crippen LogP contribution is -2.23. The van der Waals surface area contributed by atoms with Crippen LogP contribution in [-0.2, 0) is 9.78 Å². The molecule has 0 aromatic rings. The van der Waals surface area contributed by atoms with Gasteiger partial charge in [-0.05, 0) is 25.7 Å². The van der Waals surface area contributed by atoms with Crippen molar-refractivity contribution in [1.82, 2.24) is 0 Å². The third-order valence-corrected chi connectivity index (χ3v) is 3.43. The Balaban J connectivity index is 0.00000112. The van der Waals surface area contributed by atoms with Crippen LogP contribution in [0.25, 0.3) is 0 Å². The van der Waals surface area contributed by atoms with Crippen molar-refractivity contribution in [3.05, 3.63) is 0 Å². The van der Waals surface area contributed by atoms with Crippen LogP contribution < -0.4 is 0 Å². The third kappa shape index (κ3) is 3.25. The smallest absolute Gasteiger partial charge is 0.233 e. The molecule has 14 heavy (non-hydrogen) atoms. The molecule has 2 nitrogen and oxygen atoms in total. The first-order chi connectivity index (χ1) is 6.95. The van der Waals surface area contributed by atoms with Crippen LogP contribution in [0.4, 0.5) is 0 Å². The molecule has 82 valence electrons. The molecular weight excluding hydrogens is 176 g/mol. The van der Waals surface area contributed by atoms with Crippen molar-refractivity contribution < 1.29 is 11.2 Å². The summed E-state index contributed by atoms with van der Waals surface area (Å²) in [6.07, 6.45) is 13.6. The van der Waals surface area contributed by atoms with E-state index in [9.17, 15) is 0 Å². The average molecular weight is 199 g/mol. The Morgan fingerprint density at radius 1 is 0.571 bits per heavy atom. The standard InChI is InChI=1S/C12H22O2/c1-3-7-11(8-4-1)13-14-12-9-5-2-6-10-12/h11-12H,1-10H2/p+1. The zero-order chi connectivity index (χ0) is 9.64. The molecule has 0 amide bonds. The SMILES string of the molecule is C1CCC(OOC2CCCCC2)CC1.[H+]. The topological polar surface area (TPSA) is 18.5 Å². The Labute approximate surface area is 88.4 Å². The Bertz CT molecular complexity index is 134. The second kappa shape index (κ2) is 5.72. The van der Waals surface area contributed by atoms with E-state index in [2.05, 4.69) is 0 Å². The molecule has 0 unspecified atom stereocenters. The fourth-order valence-corrected chi connectivity index (χ4v) is 2.48. The maximum atomic E-state index is 5.52. The van der Waals surface area contributed by atoms with Crippen molar-refractivity contribution in [2.75, 3.05) is 0 Å². The maximum absolute atomic E-state index is 5.52. The lowest BCUT2D eigenvalue weighted by Gasteiger charge is -2.25. The van der Waals surface area contributed by atoms with Gasteiger partial charge in [0.1, 0.15) is 0 Å². The van der Waals surface area contributed by atoms with Crippen LogP contribution in [0.15, 0.2) is 0 Å². The van der Waals surface area contributed by atoms with Gasteiger partial charge >= 0.3 is 1.43 Å². The summed E-state index contributed by atoms with van der Waals surface area (Å²) in [4.78, 5) is 11.0. The van der Waals surface area contributed by atoms with Gasteiger partial charge in [0.05, 0.1) is 12.2 Å².